The number of rotatable bonds is 7. The predicted molar refractivity (Wildman–Crippen MR) is 75.3 cm³/mol. The predicted octanol–water partition coefficient (Wildman–Crippen LogP) is 3.23. The average Bonchev–Trinajstić information content (AvgIpc) is 2.37. The van der Waals surface area contributed by atoms with Gasteiger partial charge in [-0.05, 0) is 37.5 Å². The molecule has 1 rings (SSSR count). The monoisotopic (exact) mass is 251 g/mol. The molecule has 0 aliphatic heterocycles. The molecule has 0 aromatic heterocycles. The van der Waals surface area contributed by atoms with Crippen molar-refractivity contribution >= 4 is 0 Å². The first-order valence-corrected chi connectivity index (χ1v) is 6.61. The van der Waals surface area contributed by atoms with Gasteiger partial charge in [0.15, 0.2) is 11.5 Å². The molecule has 0 amide bonds. The standard InChI is InChI=1S/C15H25NO2/c1-6-18-14-8-7-13(9-15(14)17-5)10-16-12(4)11(2)3/h7-9,11-12,16H,6,10H2,1-5H3. The Bertz CT molecular complexity index is 364. The Labute approximate surface area is 110 Å². The van der Waals surface area contributed by atoms with Crippen LogP contribution in [0.2, 0.25) is 0 Å². The minimum absolute atomic E-state index is 0.502. The Morgan fingerprint density at radius 2 is 1.89 bits per heavy atom. The number of methoxy groups -OCH3 is 1. The van der Waals surface area contributed by atoms with Crippen LogP contribution in [-0.2, 0) is 6.54 Å². The summed E-state index contributed by atoms with van der Waals surface area (Å²) in [5.74, 6) is 2.24. The maximum absolute atomic E-state index is 5.50. The molecule has 102 valence electrons. The zero-order valence-corrected chi connectivity index (χ0v) is 12.1. The number of benzene rings is 1. The summed E-state index contributed by atoms with van der Waals surface area (Å²) in [6.07, 6.45) is 0. The van der Waals surface area contributed by atoms with Crippen LogP contribution >= 0.6 is 0 Å². The topological polar surface area (TPSA) is 30.5 Å². The van der Waals surface area contributed by atoms with Crippen LogP contribution < -0.4 is 14.8 Å². The van der Waals surface area contributed by atoms with Crippen LogP contribution in [0.15, 0.2) is 18.2 Å². The lowest BCUT2D eigenvalue weighted by molar-refractivity contribution is 0.310. The molecule has 0 aliphatic carbocycles. The number of hydrogen-bond donors (Lipinski definition) is 1. The molecule has 1 unspecified atom stereocenters. The molecule has 0 aliphatic rings. The summed E-state index contributed by atoms with van der Waals surface area (Å²) in [6.45, 7) is 10.1. The molecule has 0 saturated heterocycles. The van der Waals surface area contributed by atoms with Gasteiger partial charge in [-0.25, -0.2) is 0 Å². The van der Waals surface area contributed by atoms with E-state index in [0.29, 0.717) is 18.6 Å². The van der Waals surface area contributed by atoms with Crippen molar-refractivity contribution in [2.45, 2.75) is 40.3 Å². The molecule has 0 radical (unpaired) electrons. The Kier molecular flexibility index (Phi) is 5.99. The summed E-state index contributed by atoms with van der Waals surface area (Å²) in [6, 6.07) is 6.58. The number of nitrogens with one attached hydrogen (secondary N) is 1. The second-order valence-electron chi connectivity index (χ2n) is 4.83. The van der Waals surface area contributed by atoms with Crippen molar-refractivity contribution in [1.82, 2.24) is 5.32 Å². The SMILES string of the molecule is CCOc1ccc(CNC(C)C(C)C)cc1OC. The molecule has 1 atom stereocenters. The van der Waals surface area contributed by atoms with Crippen LogP contribution in [0.1, 0.15) is 33.3 Å². The zero-order valence-electron chi connectivity index (χ0n) is 12.1. The molecule has 18 heavy (non-hydrogen) atoms. The fourth-order valence-corrected chi connectivity index (χ4v) is 1.61. The minimum atomic E-state index is 0.502. The first-order chi connectivity index (χ1) is 8.58. The van der Waals surface area contributed by atoms with Gasteiger partial charge < -0.3 is 14.8 Å². The van der Waals surface area contributed by atoms with E-state index in [0.717, 1.165) is 18.0 Å². The lowest BCUT2D eigenvalue weighted by Gasteiger charge is -2.18. The summed E-state index contributed by atoms with van der Waals surface area (Å²) in [5, 5.41) is 3.50. The molecular formula is C15H25NO2. The highest BCUT2D eigenvalue weighted by Gasteiger charge is 2.08. The van der Waals surface area contributed by atoms with Crippen molar-refractivity contribution in [3.8, 4) is 11.5 Å². The van der Waals surface area contributed by atoms with Crippen LogP contribution in [0.5, 0.6) is 11.5 Å². The summed E-state index contributed by atoms with van der Waals surface area (Å²) in [5.41, 5.74) is 1.21. The van der Waals surface area contributed by atoms with E-state index in [2.05, 4.69) is 32.2 Å². The van der Waals surface area contributed by atoms with Crippen LogP contribution in [0.3, 0.4) is 0 Å². The van der Waals surface area contributed by atoms with Crippen molar-refractivity contribution in [1.29, 1.82) is 0 Å². The van der Waals surface area contributed by atoms with Crippen LogP contribution in [0.25, 0.3) is 0 Å². The molecule has 0 heterocycles. The fraction of sp³-hybridized carbons (Fsp3) is 0.600. The molecule has 1 N–H and O–H groups in total. The van der Waals surface area contributed by atoms with E-state index >= 15 is 0 Å². The van der Waals surface area contributed by atoms with Gasteiger partial charge in [0, 0.05) is 12.6 Å². The molecule has 3 nitrogen and oxygen atoms in total. The van der Waals surface area contributed by atoms with Crippen molar-refractivity contribution in [2.24, 2.45) is 5.92 Å². The van der Waals surface area contributed by atoms with E-state index in [1.165, 1.54) is 5.56 Å². The van der Waals surface area contributed by atoms with Crippen molar-refractivity contribution in [3.05, 3.63) is 23.8 Å². The zero-order chi connectivity index (χ0) is 13.5. The van der Waals surface area contributed by atoms with Crippen molar-refractivity contribution in [3.63, 3.8) is 0 Å². The molecule has 3 heteroatoms. The normalized spacial score (nSPS) is 12.6. The maximum Gasteiger partial charge on any atom is 0.161 e. The molecule has 1 aromatic carbocycles. The molecule has 0 saturated carbocycles. The Morgan fingerprint density at radius 3 is 2.44 bits per heavy atom. The van der Waals surface area contributed by atoms with Crippen LogP contribution in [0, 0.1) is 5.92 Å². The second-order valence-corrected chi connectivity index (χ2v) is 4.83. The summed E-state index contributed by atoms with van der Waals surface area (Å²) in [4.78, 5) is 0. The first-order valence-electron chi connectivity index (χ1n) is 6.61. The largest absolute Gasteiger partial charge is 0.493 e. The lowest BCUT2D eigenvalue weighted by atomic mass is 10.1. The Balaban J connectivity index is 2.67. The van der Waals surface area contributed by atoms with E-state index in [1.54, 1.807) is 7.11 Å². The number of ether oxygens (including phenoxy) is 2. The van der Waals surface area contributed by atoms with Gasteiger partial charge in [-0.2, -0.15) is 0 Å². The minimum Gasteiger partial charge on any atom is -0.493 e. The van der Waals surface area contributed by atoms with E-state index in [9.17, 15) is 0 Å². The fourth-order valence-electron chi connectivity index (χ4n) is 1.61. The summed E-state index contributed by atoms with van der Waals surface area (Å²) < 4.78 is 10.8. The lowest BCUT2D eigenvalue weighted by Crippen LogP contribution is -2.30. The van der Waals surface area contributed by atoms with E-state index < -0.39 is 0 Å². The van der Waals surface area contributed by atoms with Gasteiger partial charge in [-0.1, -0.05) is 19.9 Å². The van der Waals surface area contributed by atoms with E-state index in [-0.39, 0.29) is 0 Å². The van der Waals surface area contributed by atoms with Crippen molar-refractivity contribution in [2.75, 3.05) is 13.7 Å². The highest BCUT2D eigenvalue weighted by Crippen LogP contribution is 2.28. The van der Waals surface area contributed by atoms with Gasteiger partial charge in [0.1, 0.15) is 0 Å². The second kappa shape index (κ2) is 7.27. The molecule has 0 bridgehead atoms. The Hall–Kier alpha value is -1.22. The van der Waals surface area contributed by atoms with Crippen LogP contribution in [0.4, 0.5) is 0 Å². The molecule has 0 fully saturated rings. The van der Waals surface area contributed by atoms with E-state index in [1.807, 2.05) is 19.1 Å². The van der Waals surface area contributed by atoms with Gasteiger partial charge in [-0.3, -0.25) is 0 Å². The molecule has 1 aromatic rings. The van der Waals surface area contributed by atoms with Gasteiger partial charge in [0.2, 0.25) is 0 Å². The summed E-state index contributed by atoms with van der Waals surface area (Å²) >= 11 is 0. The van der Waals surface area contributed by atoms with Gasteiger partial charge >= 0.3 is 0 Å². The third kappa shape index (κ3) is 4.22. The Morgan fingerprint density at radius 1 is 1.17 bits per heavy atom. The highest BCUT2D eigenvalue weighted by molar-refractivity contribution is 5.42. The third-order valence-corrected chi connectivity index (χ3v) is 3.16. The third-order valence-electron chi connectivity index (χ3n) is 3.16. The maximum atomic E-state index is 5.50. The van der Waals surface area contributed by atoms with Gasteiger partial charge in [-0.15, -0.1) is 0 Å². The first kappa shape index (κ1) is 14.8. The smallest absolute Gasteiger partial charge is 0.161 e. The molecule has 0 spiro atoms. The van der Waals surface area contributed by atoms with Crippen LogP contribution in [-0.4, -0.2) is 19.8 Å². The van der Waals surface area contributed by atoms with Gasteiger partial charge in [0.05, 0.1) is 13.7 Å². The average molecular weight is 251 g/mol. The molecular weight excluding hydrogens is 226 g/mol. The highest BCUT2D eigenvalue weighted by atomic mass is 16.5. The quantitative estimate of drug-likeness (QED) is 0.807. The van der Waals surface area contributed by atoms with Crippen molar-refractivity contribution < 1.29 is 9.47 Å². The number of hydrogen-bond acceptors (Lipinski definition) is 3. The summed E-state index contributed by atoms with van der Waals surface area (Å²) in [7, 11) is 1.67. The van der Waals surface area contributed by atoms with E-state index in [4.69, 9.17) is 9.47 Å². The van der Waals surface area contributed by atoms with Gasteiger partial charge in [0.25, 0.3) is 0 Å².